The number of anilines is 2. The second-order valence-corrected chi connectivity index (χ2v) is 14.1. The van der Waals surface area contributed by atoms with E-state index < -0.39 is 10.1 Å². The molecule has 1 aliphatic rings. The maximum absolute atomic E-state index is 10.4. The minimum absolute atomic E-state index is 0.178. The molecule has 0 aliphatic carbocycles. The summed E-state index contributed by atoms with van der Waals surface area (Å²) in [4.78, 5) is 7.90. The Morgan fingerprint density at radius 2 is 1.23 bits per heavy atom. The van der Waals surface area contributed by atoms with Crippen LogP contribution in [0.3, 0.4) is 0 Å². The van der Waals surface area contributed by atoms with E-state index in [1.54, 1.807) is 12.1 Å². The second kappa shape index (κ2) is 14.8. The zero-order valence-electron chi connectivity index (χ0n) is 25.4. The monoisotopic (exact) mass is 620 g/mol. The average molecular weight is 621 g/mol. The van der Waals surface area contributed by atoms with Gasteiger partial charge < -0.3 is 23.8 Å². The molecule has 4 aromatic carbocycles. The third-order valence-electron chi connectivity index (χ3n) is 7.02. The SMILES string of the molecule is CN(C)c1ccc([S+](c2ccc(N(C)C)cc2)c2ccccc2OC2CCOCC2)cc1.Cc1ccc(S(=O)(=O)[O-])cc1. The first kappa shape index (κ1) is 32.4. The highest BCUT2D eigenvalue weighted by Gasteiger charge is 2.33. The Hall–Kier alpha value is -3.50. The molecule has 0 unspecified atom stereocenters. The maximum atomic E-state index is 10.4. The molecular weight excluding hydrogens is 581 g/mol. The molecule has 5 rings (SSSR count). The molecule has 0 radical (unpaired) electrons. The van der Waals surface area contributed by atoms with Crippen LogP contribution in [-0.4, -0.2) is 60.5 Å². The highest BCUT2D eigenvalue weighted by Crippen LogP contribution is 2.38. The topological polar surface area (TPSA) is 82.1 Å². The molecule has 0 bridgehead atoms. The number of hydrogen-bond acceptors (Lipinski definition) is 7. The second-order valence-electron chi connectivity index (χ2n) is 10.7. The van der Waals surface area contributed by atoms with Gasteiger partial charge in [-0.05, 0) is 79.7 Å². The lowest BCUT2D eigenvalue weighted by molar-refractivity contribution is 0.0244. The van der Waals surface area contributed by atoms with Crippen molar-refractivity contribution in [2.75, 3.05) is 51.2 Å². The predicted octanol–water partition coefficient (Wildman–Crippen LogP) is 6.37. The van der Waals surface area contributed by atoms with E-state index >= 15 is 0 Å². The van der Waals surface area contributed by atoms with Gasteiger partial charge in [0.05, 0.1) is 18.1 Å². The Balaban J connectivity index is 0.000000324. The fourth-order valence-electron chi connectivity index (χ4n) is 4.55. The molecule has 0 amide bonds. The first-order chi connectivity index (χ1) is 20.5. The van der Waals surface area contributed by atoms with Crippen LogP contribution < -0.4 is 14.5 Å². The van der Waals surface area contributed by atoms with Crippen LogP contribution >= 0.6 is 0 Å². The minimum atomic E-state index is -4.27. The molecule has 0 N–H and O–H groups in total. The van der Waals surface area contributed by atoms with Gasteiger partial charge in [-0.2, -0.15) is 0 Å². The number of benzene rings is 4. The molecule has 0 atom stereocenters. The summed E-state index contributed by atoms with van der Waals surface area (Å²) in [6.07, 6.45) is 2.09. The van der Waals surface area contributed by atoms with Gasteiger partial charge in [-0.3, -0.25) is 0 Å². The highest BCUT2D eigenvalue weighted by molar-refractivity contribution is 7.97. The summed E-state index contributed by atoms with van der Waals surface area (Å²) in [7, 11) is 3.76. The largest absolute Gasteiger partial charge is 0.744 e. The molecule has 4 aromatic rings. The molecule has 0 saturated carbocycles. The first-order valence-electron chi connectivity index (χ1n) is 14.2. The number of ether oxygens (including phenoxy) is 2. The molecule has 43 heavy (non-hydrogen) atoms. The lowest BCUT2D eigenvalue weighted by Gasteiger charge is -2.24. The fourth-order valence-corrected chi connectivity index (χ4v) is 7.14. The Morgan fingerprint density at radius 3 is 1.70 bits per heavy atom. The lowest BCUT2D eigenvalue weighted by atomic mass is 10.1. The van der Waals surface area contributed by atoms with Crippen LogP contribution in [0.5, 0.6) is 5.75 Å². The van der Waals surface area contributed by atoms with Gasteiger partial charge in [0.2, 0.25) is 4.90 Å². The van der Waals surface area contributed by atoms with Crippen molar-refractivity contribution >= 4 is 32.4 Å². The van der Waals surface area contributed by atoms with E-state index in [0.717, 1.165) is 37.4 Å². The van der Waals surface area contributed by atoms with Crippen LogP contribution in [0, 0.1) is 6.92 Å². The van der Waals surface area contributed by atoms with E-state index in [4.69, 9.17) is 9.47 Å². The zero-order chi connectivity index (χ0) is 31.0. The van der Waals surface area contributed by atoms with E-state index in [1.807, 2.05) is 6.92 Å². The van der Waals surface area contributed by atoms with E-state index in [1.165, 1.54) is 38.2 Å². The third kappa shape index (κ3) is 9.00. The third-order valence-corrected chi connectivity index (χ3v) is 10.1. The maximum Gasteiger partial charge on any atom is 0.208 e. The summed E-state index contributed by atoms with van der Waals surface area (Å²) in [5.74, 6) is 0.983. The summed E-state index contributed by atoms with van der Waals surface area (Å²) in [5, 5.41) is 0. The van der Waals surface area contributed by atoms with E-state index in [9.17, 15) is 13.0 Å². The quantitative estimate of drug-likeness (QED) is 0.167. The molecule has 7 nitrogen and oxygen atoms in total. The first-order valence-corrected chi connectivity index (χ1v) is 16.8. The van der Waals surface area contributed by atoms with Crippen molar-refractivity contribution in [3.05, 3.63) is 103 Å². The Labute approximate surface area is 259 Å². The van der Waals surface area contributed by atoms with Crippen LogP contribution in [0.1, 0.15) is 18.4 Å². The summed E-state index contributed by atoms with van der Waals surface area (Å²) in [6.45, 7) is 3.37. The van der Waals surface area contributed by atoms with E-state index in [-0.39, 0.29) is 21.9 Å². The van der Waals surface area contributed by atoms with Gasteiger partial charge in [0, 0.05) is 52.4 Å². The van der Waals surface area contributed by atoms with Gasteiger partial charge in [0.25, 0.3) is 0 Å². The van der Waals surface area contributed by atoms with Gasteiger partial charge in [-0.1, -0.05) is 29.8 Å². The molecule has 0 aromatic heterocycles. The normalized spacial score (nSPS) is 13.7. The average Bonchev–Trinajstić information content (AvgIpc) is 2.99. The molecule has 228 valence electrons. The summed E-state index contributed by atoms with van der Waals surface area (Å²) in [5.41, 5.74) is 3.33. The van der Waals surface area contributed by atoms with Crippen molar-refractivity contribution in [2.24, 2.45) is 0 Å². The smallest absolute Gasteiger partial charge is 0.208 e. The van der Waals surface area contributed by atoms with Crippen molar-refractivity contribution in [1.82, 2.24) is 0 Å². The van der Waals surface area contributed by atoms with Gasteiger partial charge in [0.15, 0.2) is 15.5 Å². The van der Waals surface area contributed by atoms with Crippen molar-refractivity contribution in [2.45, 2.75) is 45.5 Å². The molecule has 1 heterocycles. The van der Waals surface area contributed by atoms with Crippen molar-refractivity contribution < 1.29 is 22.4 Å². The van der Waals surface area contributed by atoms with Gasteiger partial charge >= 0.3 is 0 Å². The number of hydrogen-bond donors (Lipinski definition) is 0. The Bertz CT molecular complexity index is 1500. The molecular formula is C34H40N2O5S2. The molecule has 1 aliphatic heterocycles. The Morgan fingerprint density at radius 1 is 0.744 bits per heavy atom. The molecule has 0 spiro atoms. The highest BCUT2D eigenvalue weighted by atomic mass is 32.2. The standard InChI is InChI=1S/C27H33N2O2S.C7H8O3S/c1-28(2)21-9-13-24(14-10-21)32(25-15-11-22(12-16-25)29(3)4)27-8-6-5-7-26(27)31-23-17-19-30-20-18-23;1-6-2-4-7(5-3-6)11(8,9)10/h5-16,23H,17-20H2,1-4H3;2-5H,1H3,(H,8,9,10)/q+1;/p-1. The summed E-state index contributed by atoms with van der Waals surface area (Å²) >= 11 is 0. The van der Waals surface area contributed by atoms with Crippen LogP contribution in [-0.2, 0) is 25.7 Å². The van der Waals surface area contributed by atoms with Crippen LogP contribution in [0.2, 0.25) is 0 Å². The number of nitrogens with zero attached hydrogens (tertiary/aromatic N) is 2. The van der Waals surface area contributed by atoms with Crippen molar-refractivity contribution in [3.63, 3.8) is 0 Å². The van der Waals surface area contributed by atoms with E-state index in [2.05, 4.69) is 111 Å². The molecule has 1 fully saturated rings. The van der Waals surface area contributed by atoms with Crippen LogP contribution in [0.4, 0.5) is 11.4 Å². The van der Waals surface area contributed by atoms with E-state index in [0.29, 0.717) is 0 Å². The molecule has 9 heteroatoms. The fraction of sp³-hybridized carbons (Fsp3) is 0.294. The number of rotatable bonds is 8. The lowest BCUT2D eigenvalue weighted by Crippen LogP contribution is -2.26. The number of aryl methyl sites for hydroxylation is 1. The number of para-hydroxylation sites is 1. The van der Waals surface area contributed by atoms with Crippen LogP contribution in [0.25, 0.3) is 0 Å². The van der Waals surface area contributed by atoms with Gasteiger partial charge in [-0.25, -0.2) is 8.42 Å². The minimum Gasteiger partial charge on any atom is -0.744 e. The van der Waals surface area contributed by atoms with Gasteiger partial charge in [-0.15, -0.1) is 0 Å². The Kier molecular flexibility index (Phi) is 11.2. The van der Waals surface area contributed by atoms with Crippen molar-refractivity contribution in [3.8, 4) is 5.75 Å². The van der Waals surface area contributed by atoms with Crippen molar-refractivity contribution in [1.29, 1.82) is 0 Å². The molecule has 1 saturated heterocycles. The van der Waals surface area contributed by atoms with Gasteiger partial charge in [0.1, 0.15) is 27.1 Å². The zero-order valence-corrected chi connectivity index (χ0v) is 27.0. The van der Waals surface area contributed by atoms with Crippen LogP contribution in [0.15, 0.2) is 117 Å². The summed E-state index contributed by atoms with van der Waals surface area (Å²) < 4.78 is 43.2. The summed E-state index contributed by atoms with van der Waals surface area (Å²) in [6, 6.07) is 32.1. The predicted molar refractivity (Wildman–Crippen MR) is 174 cm³/mol.